The molecule has 1 aromatic heterocycles. The van der Waals surface area contributed by atoms with Crippen molar-refractivity contribution >= 4 is 32.7 Å². The molecule has 2 nitrogen and oxygen atoms in total. The van der Waals surface area contributed by atoms with Crippen molar-refractivity contribution in [1.82, 2.24) is 0 Å². The SMILES string of the molecule is O=c1c2ccccc2oc2cc3ccc(F)c(F)c3cc12. The Labute approximate surface area is 117 Å². The summed E-state index contributed by atoms with van der Waals surface area (Å²) in [6.07, 6.45) is 0. The Bertz CT molecular complexity index is 1080. The molecule has 4 rings (SSSR count). The first-order valence-electron chi connectivity index (χ1n) is 6.38. The van der Waals surface area contributed by atoms with E-state index in [1.165, 1.54) is 12.1 Å². The van der Waals surface area contributed by atoms with Crippen LogP contribution in [-0.4, -0.2) is 0 Å². The maximum absolute atomic E-state index is 13.9. The first-order valence-corrected chi connectivity index (χ1v) is 6.38. The summed E-state index contributed by atoms with van der Waals surface area (Å²) in [5.41, 5.74) is 0.576. The minimum atomic E-state index is -0.957. The molecule has 0 aliphatic carbocycles. The van der Waals surface area contributed by atoms with Crippen LogP contribution < -0.4 is 5.43 Å². The lowest BCUT2D eigenvalue weighted by Crippen LogP contribution is -2.02. The minimum Gasteiger partial charge on any atom is -0.456 e. The third kappa shape index (κ3) is 1.65. The normalized spacial score (nSPS) is 11.5. The highest BCUT2D eigenvalue weighted by Crippen LogP contribution is 2.26. The minimum absolute atomic E-state index is 0.0741. The zero-order chi connectivity index (χ0) is 14.6. The molecular weight excluding hydrogens is 274 g/mol. The van der Waals surface area contributed by atoms with Gasteiger partial charge in [-0.25, -0.2) is 8.78 Å². The van der Waals surface area contributed by atoms with E-state index < -0.39 is 11.6 Å². The molecule has 0 fully saturated rings. The summed E-state index contributed by atoms with van der Waals surface area (Å²) in [5, 5.41) is 1.22. The van der Waals surface area contributed by atoms with Gasteiger partial charge in [-0.15, -0.1) is 0 Å². The average Bonchev–Trinajstić information content (AvgIpc) is 2.50. The highest BCUT2D eigenvalue weighted by molar-refractivity contribution is 5.99. The zero-order valence-corrected chi connectivity index (χ0v) is 10.7. The molecule has 4 heteroatoms. The van der Waals surface area contributed by atoms with Crippen LogP contribution in [0, 0.1) is 11.6 Å². The Hall–Kier alpha value is -2.75. The first kappa shape index (κ1) is 12.0. The van der Waals surface area contributed by atoms with Crippen LogP contribution in [0.3, 0.4) is 0 Å². The maximum Gasteiger partial charge on any atom is 0.200 e. The summed E-state index contributed by atoms with van der Waals surface area (Å²) in [6, 6.07) is 12.3. The molecule has 0 saturated heterocycles. The molecule has 0 aliphatic heterocycles. The van der Waals surface area contributed by atoms with Gasteiger partial charge in [0.25, 0.3) is 0 Å². The Kier molecular flexibility index (Phi) is 2.36. The lowest BCUT2D eigenvalue weighted by molar-refractivity contribution is 0.517. The molecule has 0 unspecified atom stereocenters. The van der Waals surface area contributed by atoms with Gasteiger partial charge in [-0.1, -0.05) is 18.2 Å². The van der Waals surface area contributed by atoms with Crippen LogP contribution in [0.5, 0.6) is 0 Å². The topological polar surface area (TPSA) is 30.2 Å². The molecule has 0 aliphatic rings. The van der Waals surface area contributed by atoms with E-state index in [0.717, 1.165) is 6.07 Å². The number of para-hydroxylation sites is 1. The molecule has 1 heterocycles. The van der Waals surface area contributed by atoms with Crippen molar-refractivity contribution < 1.29 is 13.2 Å². The van der Waals surface area contributed by atoms with E-state index in [4.69, 9.17) is 4.42 Å². The van der Waals surface area contributed by atoms with E-state index in [0.29, 0.717) is 21.9 Å². The van der Waals surface area contributed by atoms with Crippen LogP contribution in [0.1, 0.15) is 0 Å². The number of hydrogen-bond acceptors (Lipinski definition) is 2. The van der Waals surface area contributed by atoms with Crippen molar-refractivity contribution in [2.75, 3.05) is 0 Å². The summed E-state index contributed by atoms with van der Waals surface area (Å²) >= 11 is 0. The lowest BCUT2D eigenvalue weighted by atomic mass is 10.1. The van der Waals surface area contributed by atoms with E-state index in [1.807, 2.05) is 0 Å². The molecule has 0 N–H and O–H groups in total. The number of hydrogen-bond donors (Lipinski definition) is 0. The Morgan fingerprint density at radius 2 is 1.62 bits per heavy atom. The number of benzene rings is 3. The van der Waals surface area contributed by atoms with Gasteiger partial charge in [0.05, 0.1) is 10.8 Å². The third-order valence-electron chi connectivity index (χ3n) is 3.60. The second-order valence-corrected chi connectivity index (χ2v) is 4.86. The monoisotopic (exact) mass is 282 g/mol. The van der Waals surface area contributed by atoms with Gasteiger partial charge < -0.3 is 4.42 Å². The number of halogens is 2. The van der Waals surface area contributed by atoms with Gasteiger partial charge in [0.1, 0.15) is 11.2 Å². The zero-order valence-electron chi connectivity index (χ0n) is 10.7. The van der Waals surface area contributed by atoms with Crippen LogP contribution in [0.4, 0.5) is 8.78 Å². The summed E-state index contributed by atoms with van der Waals surface area (Å²) in [5.74, 6) is -1.89. The molecule has 0 amide bonds. The van der Waals surface area contributed by atoms with E-state index >= 15 is 0 Å². The van der Waals surface area contributed by atoms with E-state index in [9.17, 15) is 13.6 Å². The number of rotatable bonds is 0. The fraction of sp³-hybridized carbons (Fsp3) is 0. The molecule has 0 radical (unpaired) electrons. The van der Waals surface area contributed by atoms with Crippen LogP contribution in [0.2, 0.25) is 0 Å². The van der Waals surface area contributed by atoms with Gasteiger partial charge in [-0.3, -0.25) is 4.79 Å². The summed E-state index contributed by atoms with van der Waals surface area (Å²) in [6.45, 7) is 0. The third-order valence-corrected chi connectivity index (χ3v) is 3.60. The molecule has 102 valence electrons. The van der Waals surface area contributed by atoms with Gasteiger partial charge in [-0.2, -0.15) is 0 Å². The van der Waals surface area contributed by atoms with Gasteiger partial charge in [0, 0.05) is 5.39 Å². The van der Waals surface area contributed by atoms with Crippen LogP contribution >= 0.6 is 0 Å². The highest BCUT2D eigenvalue weighted by Gasteiger charge is 2.12. The largest absolute Gasteiger partial charge is 0.456 e. The average molecular weight is 282 g/mol. The van der Waals surface area contributed by atoms with E-state index in [2.05, 4.69) is 0 Å². The van der Waals surface area contributed by atoms with E-state index in [-0.39, 0.29) is 16.2 Å². The fourth-order valence-corrected chi connectivity index (χ4v) is 2.56. The molecule has 0 spiro atoms. The quantitative estimate of drug-likeness (QED) is 0.448. The van der Waals surface area contributed by atoms with Gasteiger partial charge in [0.2, 0.25) is 5.43 Å². The summed E-state index contributed by atoms with van der Waals surface area (Å²) < 4.78 is 32.9. The highest BCUT2D eigenvalue weighted by atomic mass is 19.2. The van der Waals surface area contributed by atoms with Gasteiger partial charge in [-0.05, 0) is 35.7 Å². The van der Waals surface area contributed by atoms with Crippen molar-refractivity contribution in [2.24, 2.45) is 0 Å². The number of fused-ring (bicyclic) bond motifs is 3. The smallest absolute Gasteiger partial charge is 0.200 e. The standard InChI is InChI=1S/C17H8F2O2/c18-13-6-5-9-7-15-12(8-11(9)16(13)19)17(20)10-3-1-2-4-14(10)21-15/h1-8H. The molecule has 4 aromatic rings. The predicted octanol–water partition coefficient (Wildman–Crippen LogP) is 4.38. The van der Waals surface area contributed by atoms with Crippen molar-refractivity contribution in [1.29, 1.82) is 0 Å². The van der Waals surface area contributed by atoms with Gasteiger partial charge >= 0.3 is 0 Å². The second kappa shape index (κ2) is 4.12. The molecule has 21 heavy (non-hydrogen) atoms. The van der Waals surface area contributed by atoms with Crippen molar-refractivity contribution in [3.8, 4) is 0 Å². The molecular formula is C17H8F2O2. The maximum atomic E-state index is 13.9. The second-order valence-electron chi connectivity index (χ2n) is 4.86. The van der Waals surface area contributed by atoms with Crippen LogP contribution in [0.25, 0.3) is 32.7 Å². The van der Waals surface area contributed by atoms with Crippen molar-refractivity contribution in [3.05, 3.63) is 70.4 Å². The van der Waals surface area contributed by atoms with Crippen molar-refractivity contribution in [2.45, 2.75) is 0 Å². The lowest BCUT2D eigenvalue weighted by Gasteiger charge is -2.05. The fourth-order valence-electron chi connectivity index (χ4n) is 2.56. The Morgan fingerprint density at radius 3 is 2.48 bits per heavy atom. The Morgan fingerprint density at radius 1 is 0.810 bits per heavy atom. The van der Waals surface area contributed by atoms with Crippen LogP contribution in [0.15, 0.2) is 57.7 Å². The molecule has 0 atom stereocenters. The first-order chi connectivity index (χ1) is 10.1. The van der Waals surface area contributed by atoms with Crippen LogP contribution in [-0.2, 0) is 0 Å². The molecule has 3 aromatic carbocycles. The molecule has 0 bridgehead atoms. The predicted molar refractivity (Wildman–Crippen MR) is 77.4 cm³/mol. The van der Waals surface area contributed by atoms with E-state index in [1.54, 1.807) is 30.3 Å². The van der Waals surface area contributed by atoms with Crippen molar-refractivity contribution in [3.63, 3.8) is 0 Å². The summed E-state index contributed by atoms with van der Waals surface area (Å²) in [7, 11) is 0. The Balaban J connectivity index is 2.27. The molecule has 0 saturated carbocycles. The summed E-state index contributed by atoms with van der Waals surface area (Å²) in [4.78, 5) is 12.5. The van der Waals surface area contributed by atoms with Gasteiger partial charge in [0.15, 0.2) is 11.6 Å².